The summed E-state index contributed by atoms with van der Waals surface area (Å²) in [4.78, 5) is 7.67. The van der Waals surface area contributed by atoms with Crippen LogP contribution in [0.4, 0.5) is 0 Å². The summed E-state index contributed by atoms with van der Waals surface area (Å²) >= 11 is 5.49. The fourth-order valence-electron chi connectivity index (χ4n) is 0.377. The standard InChI is InChI=1S/C5H5ClN2.2C2H6/c1-4-7-2-5(6)3-8-4;2*1-2/h2-3H,1H3;2*1-2H3. The van der Waals surface area contributed by atoms with Crippen LogP contribution in [0.25, 0.3) is 0 Å². The first-order valence-corrected chi connectivity index (χ1v) is 4.61. The van der Waals surface area contributed by atoms with Crippen LogP contribution in [0.1, 0.15) is 33.5 Å². The minimum Gasteiger partial charge on any atom is -0.240 e. The van der Waals surface area contributed by atoms with Crippen molar-refractivity contribution in [3.8, 4) is 0 Å². The van der Waals surface area contributed by atoms with Gasteiger partial charge in [-0.25, -0.2) is 9.97 Å². The molecule has 0 bridgehead atoms. The van der Waals surface area contributed by atoms with E-state index in [-0.39, 0.29) is 0 Å². The predicted octanol–water partition coefficient (Wildman–Crippen LogP) is 3.49. The van der Waals surface area contributed by atoms with Crippen molar-refractivity contribution in [3.05, 3.63) is 23.2 Å². The summed E-state index contributed by atoms with van der Waals surface area (Å²) in [5.74, 6) is 0.745. The van der Waals surface area contributed by atoms with E-state index in [0.29, 0.717) is 5.02 Å². The molecule has 0 saturated carbocycles. The number of aryl methyl sites for hydroxylation is 1. The first kappa shape index (κ1) is 13.9. The van der Waals surface area contributed by atoms with Gasteiger partial charge in [-0.2, -0.15) is 0 Å². The first-order chi connectivity index (χ1) is 5.79. The van der Waals surface area contributed by atoms with Gasteiger partial charge >= 0.3 is 0 Å². The summed E-state index contributed by atoms with van der Waals surface area (Å²) in [6.07, 6.45) is 3.15. The number of hydrogen-bond acceptors (Lipinski definition) is 2. The SMILES string of the molecule is CC.CC.Cc1ncc(Cl)cn1. The van der Waals surface area contributed by atoms with Crippen molar-refractivity contribution in [2.45, 2.75) is 34.6 Å². The van der Waals surface area contributed by atoms with E-state index < -0.39 is 0 Å². The predicted molar refractivity (Wildman–Crippen MR) is 54.5 cm³/mol. The van der Waals surface area contributed by atoms with Crippen LogP contribution in [0, 0.1) is 6.92 Å². The molecular weight excluding hydrogens is 172 g/mol. The summed E-state index contributed by atoms with van der Waals surface area (Å²) in [5, 5.41) is 0.579. The number of aromatic nitrogens is 2. The quantitative estimate of drug-likeness (QED) is 0.623. The van der Waals surface area contributed by atoms with Crippen molar-refractivity contribution >= 4 is 11.6 Å². The number of rotatable bonds is 0. The first-order valence-electron chi connectivity index (χ1n) is 4.23. The third-order valence-electron chi connectivity index (χ3n) is 0.749. The van der Waals surface area contributed by atoms with Gasteiger partial charge in [0.05, 0.1) is 5.02 Å². The molecule has 1 rings (SSSR count). The number of halogens is 1. The molecule has 0 atom stereocenters. The number of hydrogen-bond donors (Lipinski definition) is 0. The average molecular weight is 189 g/mol. The van der Waals surface area contributed by atoms with Crippen molar-refractivity contribution in [2.75, 3.05) is 0 Å². The summed E-state index contributed by atoms with van der Waals surface area (Å²) < 4.78 is 0. The Morgan fingerprint density at radius 2 is 1.33 bits per heavy atom. The van der Waals surface area contributed by atoms with E-state index in [1.807, 2.05) is 34.6 Å². The monoisotopic (exact) mass is 188 g/mol. The minimum absolute atomic E-state index is 0.579. The lowest BCUT2D eigenvalue weighted by Gasteiger charge is -1.86. The molecule has 3 heteroatoms. The molecule has 1 aromatic rings. The van der Waals surface area contributed by atoms with E-state index in [4.69, 9.17) is 11.6 Å². The molecule has 0 saturated heterocycles. The number of nitrogens with zero attached hydrogens (tertiary/aromatic N) is 2. The van der Waals surface area contributed by atoms with Gasteiger partial charge < -0.3 is 0 Å². The molecule has 0 fully saturated rings. The molecule has 0 amide bonds. The highest BCUT2D eigenvalue weighted by Crippen LogP contribution is 2.00. The van der Waals surface area contributed by atoms with Crippen molar-refractivity contribution in [2.24, 2.45) is 0 Å². The maximum Gasteiger partial charge on any atom is 0.125 e. The van der Waals surface area contributed by atoms with Crippen molar-refractivity contribution in [1.29, 1.82) is 0 Å². The molecule has 1 aromatic heterocycles. The smallest absolute Gasteiger partial charge is 0.125 e. The average Bonchev–Trinajstić information content (AvgIpc) is 2.17. The maximum absolute atomic E-state index is 5.49. The van der Waals surface area contributed by atoms with Gasteiger partial charge in [0, 0.05) is 12.4 Å². The van der Waals surface area contributed by atoms with E-state index >= 15 is 0 Å². The van der Waals surface area contributed by atoms with Gasteiger partial charge in [0.1, 0.15) is 5.82 Å². The molecule has 2 nitrogen and oxygen atoms in total. The molecule has 0 aliphatic heterocycles. The van der Waals surface area contributed by atoms with Crippen LogP contribution in [-0.2, 0) is 0 Å². The van der Waals surface area contributed by atoms with Crippen LogP contribution >= 0.6 is 11.6 Å². The molecule has 1 heterocycles. The molecule has 12 heavy (non-hydrogen) atoms. The van der Waals surface area contributed by atoms with Crippen LogP contribution < -0.4 is 0 Å². The second kappa shape index (κ2) is 10.4. The highest BCUT2D eigenvalue weighted by molar-refractivity contribution is 6.30. The molecule has 0 aromatic carbocycles. The lowest BCUT2D eigenvalue weighted by molar-refractivity contribution is 1.05. The van der Waals surface area contributed by atoms with Gasteiger partial charge in [0.15, 0.2) is 0 Å². The van der Waals surface area contributed by atoms with Gasteiger partial charge in [0.25, 0.3) is 0 Å². The highest BCUT2D eigenvalue weighted by atomic mass is 35.5. The molecular formula is C9H17ClN2. The van der Waals surface area contributed by atoms with Crippen LogP contribution in [-0.4, -0.2) is 9.97 Å². The maximum atomic E-state index is 5.49. The lowest BCUT2D eigenvalue weighted by Crippen LogP contribution is -1.82. The fraction of sp³-hybridized carbons (Fsp3) is 0.556. The summed E-state index contributed by atoms with van der Waals surface area (Å²) in [7, 11) is 0. The largest absolute Gasteiger partial charge is 0.240 e. The third kappa shape index (κ3) is 7.48. The van der Waals surface area contributed by atoms with E-state index in [9.17, 15) is 0 Å². The van der Waals surface area contributed by atoms with E-state index in [0.717, 1.165) is 5.82 Å². The van der Waals surface area contributed by atoms with Crippen LogP contribution in [0.15, 0.2) is 12.4 Å². The van der Waals surface area contributed by atoms with Crippen LogP contribution in [0.5, 0.6) is 0 Å². The van der Waals surface area contributed by atoms with E-state index in [1.165, 1.54) is 0 Å². The summed E-state index contributed by atoms with van der Waals surface area (Å²) in [6, 6.07) is 0. The molecule has 0 radical (unpaired) electrons. The second-order valence-corrected chi connectivity index (χ2v) is 1.88. The Labute approximate surface area is 80.0 Å². The Morgan fingerprint density at radius 1 is 1.00 bits per heavy atom. The molecule has 0 aliphatic carbocycles. The topological polar surface area (TPSA) is 25.8 Å². The van der Waals surface area contributed by atoms with Crippen LogP contribution in [0.2, 0.25) is 5.02 Å². The summed E-state index contributed by atoms with van der Waals surface area (Å²) in [5.41, 5.74) is 0. The van der Waals surface area contributed by atoms with Crippen LogP contribution in [0.3, 0.4) is 0 Å². The van der Waals surface area contributed by atoms with Crippen molar-refractivity contribution in [3.63, 3.8) is 0 Å². The Kier molecular flexibility index (Phi) is 12.0. The second-order valence-electron chi connectivity index (χ2n) is 1.45. The Balaban J connectivity index is 0. The summed E-state index contributed by atoms with van der Waals surface area (Å²) in [6.45, 7) is 9.82. The van der Waals surface area contributed by atoms with Crippen molar-refractivity contribution < 1.29 is 0 Å². The highest BCUT2D eigenvalue weighted by Gasteiger charge is 1.84. The zero-order chi connectivity index (χ0) is 9.98. The van der Waals surface area contributed by atoms with E-state index in [1.54, 1.807) is 12.4 Å². The zero-order valence-electron chi connectivity index (χ0n) is 8.43. The zero-order valence-corrected chi connectivity index (χ0v) is 9.18. The molecule has 0 aliphatic rings. The molecule has 70 valence electrons. The normalized spacial score (nSPS) is 7.17. The molecule has 0 spiro atoms. The minimum atomic E-state index is 0.579. The molecule has 0 unspecified atom stereocenters. The van der Waals surface area contributed by atoms with Gasteiger partial charge in [-0.15, -0.1) is 0 Å². The van der Waals surface area contributed by atoms with Gasteiger partial charge in [-0.1, -0.05) is 39.3 Å². The Hall–Kier alpha value is -0.630. The third-order valence-corrected chi connectivity index (χ3v) is 0.945. The van der Waals surface area contributed by atoms with E-state index in [2.05, 4.69) is 9.97 Å². The lowest BCUT2D eigenvalue weighted by atomic mass is 10.6. The fourth-order valence-corrected chi connectivity index (χ4v) is 0.474. The van der Waals surface area contributed by atoms with Gasteiger partial charge in [-0.3, -0.25) is 0 Å². The Bertz CT molecular complexity index is 151. The molecule has 0 N–H and O–H groups in total. The van der Waals surface area contributed by atoms with Gasteiger partial charge in [0.2, 0.25) is 0 Å². The Morgan fingerprint density at radius 3 is 1.58 bits per heavy atom. The van der Waals surface area contributed by atoms with Crippen molar-refractivity contribution in [1.82, 2.24) is 9.97 Å². The van der Waals surface area contributed by atoms with Gasteiger partial charge in [-0.05, 0) is 6.92 Å².